The van der Waals surface area contributed by atoms with Crippen molar-refractivity contribution in [3.05, 3.63) is 70.8 Å². The standard InChI is InChI=1S/C22H23NO3/c1-23(2)13-14-26-19-8-5-17(6-9-19)21(24)11-4-16-3-10-20-18(15-16)7-12-22(20)25/h3-6,8-11,15H,7,12-14H2,1-2H3/b11-4+. The van der Waals surface area contributed by atoms with E-state index in [2.05, 4.69) is 4.90 Å². The predicted molar refractivity (Wildman–Crippen MR) is 103 cm³/mol. The third-order valence-electron chi connectivity index (χ3n) is 4.42. The second-order valence-electron chi connectivity index (χ2n) is 6.71. The molecule has 0 aromatic heterocycles. The largest absolute Gasteiger partial charge is 0.492 e. The Labute approximate surface area is 154 Å². The number of hydrogen-bond acceptors (Lipinski definition) is 4. The molecule has 0 bridgehead atoms. The molecule has 0 unspecified atom stereocenters. The first-order chi connectivity index (χ1) is 12.5. The molecule has 4 nitrogen and oxygen atoms in total. The van der Waals surface area contributed by atoms with Gasteiger partial charge in [0, 0.05) is 24.1 Å². The zero-order valence-corrected chi connectivity index (χ0v) is 15.2. The summed E-state index contributed by atoms with van der Waals surface area (Å²) in [4.78, 5) is 26.1. The highest BCUT2D eigenvalue weighted by Crippen LogP contribution is 2.23. The number of fused-ring (bicyclic) bond motifs is 1. The van der Waals surface area contributed by atoms with Crippen molar-refractivity contribution in [2.75, 3.05) is 27.2 Å². The minimum atomic E-state index is -0.0542. The van der Waals surface area contributed by atoms with Gasteiger partial charge >= 0.3 is 0 Å². The minimum absolute atomic E-state index is 0.0542. The molecule has 0 aliphatic heterocycles. The number of ether oxygens (including phenoxy) is 1. The summed E-state index contributed by atoms with van der Waals surface area (Å²) in [6.45, 7) is 1.46. The zero-order valence-electron chi connectivity index (χ0n) is 15.2. The van der Waals surface area contributed by atoms with E-state index in [1.807, 2.05) is 44.4 Å². The van der Waals surface area contributed by atoms with Gasteiger partial charge in [0.2, 0.25) is 0 Å². The quantitative estimate of drug-likeness (QED) is 0.565. The van der Waals surface area contributed by atoms with Crippen LogP contribution in [0, 0.1) is 0 Å². The van der Waals surface area contributed by atoms with E-state index in [0.717, 1.165) is 35.4 Å². The van der Waals surface area contributed by atoms with E-state index in [1.54, 1.807) is 24.3 Å². The Morgan fingerprint density at radius 1 is 1.12 bits per heavy atom. The average Bonchev–Trinajstić information content (AvgIpc) is 3.00. The van der Waals surface area contributed by atoms with Gasteiger partial charge < -0.3 is 9.64 Å². The van der Waals surface area contributed by atoms with Crippen molar-refractivity contribution >= 4 is 17.6 Å². The van der Waals surface area contributed by atoms with Crippen LogP contribution in [-0.2, 0) is 6.42 Å². The van der Waals surface area contributed by atoms with E-state index < -0.39 is 0 Å². The van der Waals surface area contributed by atoms with Crippen molar-refractivity contribution in [2.24, 2.45) is 0 Å². The fourth-order valence-corrected chi connectivity index (χ4v) is 2.91. The third-order valence-corrected chi connectivity index (χ3v) is 4.42. The number of allylic oxidation sites excluding steroid dienone is 1. The normalized spacial score (nSPS) is 13.4. The van der Waals surface area contributed by atoms with E-state index >= 15 is 0 Å². The van der Waals surface area contributed by atoms with Gasteiger partial charge in [0.25, 0.3) is 0 Å². The van der Waals surface area contributed by atoms with Gasteiger partial charge in [-0.25, -0.2) is 0 Å². The smallest absolute Gasteiger partial charge is 0.185 e. The molecular weight excluding hydrogens is 326 g/mol. The predicted octanol–water partition coefficient (Wildman–Crippen LogP) is 3.65. The number of aryl methyl sites for hydroxylation is 1. The Morgan fingerprint density at radius 2 is 1.88 bits per heavy atom. The molecule has 0 N–H and O–H groups in total. The summed E-state index contributed by atoms with van der Waals surface area (Å²) >= 11 is 0. The third kappa shape index (κ3) is 4.46. The second-order valence-corrected chi connectivity index (χ2v) is 6.71. The molecule has 0 fully saturated rings. The summed E-state index contributed by atoms with van der Waals surface area (Å²) in [6.07, 6.45) is 4.75. The molecule has 26 heavy (non-hydrogen) atoms. The number of ketones is 2. The van der Waals surface area contributed by atoms with Crippen LogP contribution in [0.15, 0.2) is 48.5 Å². The second kappa shape index (κ2) is 8.11. The van der Waals surface area contributed by atoms with Crippen molar-refractivity contribution < 1.29 is 14.3 Å². The number of benzene rings is 2. The fraction of sp³-hybridized carbons (Fsp3) is 0.273. The van der Waals surface area contributed by atoms with E-state index in [-0.39, 0.29) is 11.6 Å². The van der Waals surface area contributed by atoms with Crippen LogP contribution in [0.1, 0.15) is 38.3 Å². The highest BCUT2D eigenvalue weighted by Gasteiger charge is 2.18. The highest BCUT2D eigenvalue weighted by atomic mass is 16.5. The first kappa shape index (κ1) is 18.1. The van der Waals surface area contributed by atoms with Gasteiger partial charge in [-0.1, -0.05) is 24.3 Å². The molecule has 0 radical (unpaired) electrons. The van der Waals surface area contributed by atoms with Crippen LogP contribution in [0.5, 0.6) is 5.75 Å². The van der Waals surface area contributed by atoms with Gasteiger partial charge in [-0.15, -0.1) is 0 Å². The van der Waals surface area contributed by atoms with Crippen molar-refractivity contribution in [2.45, 2.75) is 12.8 Å². The van der Waals surface area contributed by atoms with Crippen molar-refractivity contribution in [1.29, 1.82) is 0 Å². The summed E-state index contributed by atoms with van der Waals surface area (Å²) in [5.41, 5.74) is 3.45. The number of rotatable bonds is 7. The van der Waals surface area contributed by atoms with Crippen molar-refractivity contribution in [3.8, 4) is 5.75 Å². The number of Topliss-reactive ketones (excluding diaryl/α,β-unsaturated/α-hetero) is 1. The number of nitrogens with zero attached hydrogens (tertiary/aromatic N) is 1. The number of likely N-dealkylation sites (N-methyl/N-ethyl adjacent to an activating group) is 1. The Kier molecular flexibility index (Phi) is 5.64. The van der Waals surface area contributed by atoms with Crippen LogP contribution in [0.2, 0.25) is 0 Å². The first-order valence-electron chi connectivity index (χ1n) is 8.79. The lowest BCUT2D eigenvalue weighted by molar-refractivity contribution is 0.0993. The molecule has 0 heterocycles. The highest BCUT2D eigenvalue weighted by molar-refractivity contribution is 6.07. The Bertz CT molecular complexity index is 835. The number of carbonyl (C=O) groups excluding carboxylic acids is 2. The van der Waals surface area contributed by atoms with Gasteiger partial charge in [0.1, 0.15) is 12.4 Å². The monoisotopic (exact) mass is 349 g/mol. The molecule has 0 saturated heterocycles. The summed E-state index contributed by atoms with van der Waals surface area (Å²) in [5.74, 6) is 0.914. The molecular formula is C22H23NO3. The molecule has 2 aromatic rings. The molecule has 0 spiro atoms. The first-order valence-corrected chi connectivity index (χ1v) is 8.79. The van der Waals surface area contributed by atoms with Crippen LogP contribution in [0.3, 0.4) is 0 Å². The van der Waals surface area contributed by atoms with E-state index in [4.69, 9.17) is 4.74 Å². The topological polar surface area (TPSA) is 46.6 Å². The van der Waals surface area contributed by atoms with Gasteiger partial charge in [-0.05, 0) is 62.0 Å². The van der Waals surface area contributed by atoms with Crippen LogP contribution < -0.4 is 4.74 Å². The van der Waals surface area contributed by atoms with Crippen LogP contribution in [-0.4, -0.2) is 43.7 Å². The summed E-state index contributed by atoms with van der Waals surface area (Å²) in [5, 5.41) is 0. The van der Waals surface area contributed by atoms with E-state index in [9.17, 15) is 9.59 Å². The Morgan fingerprint density at radius 3 is 2.62 bits per heavy atom. The zero-order chi connectivity index (χ0) is 18.5. The number of carbonyl (C=O) groups is 2. The minimum Gasteiger partial charge on any atom is -0.492 e. The maximum Gasteiger partial charge on any atom is 0.185 e. The molecule has 134 valence electrons. The lowest BCUT2D eigenvalue weighted by Gasteiger charge is -2.11. The number of hydrogen-bond donors (Lipinski definition) is 0. The molecule has 4 heteroatoms. The molecule has 3 rings (SSSR count). The van der Waals surface area contributed by atoms with Crippen LogP contribution >= 0.6 is 0 Å². The summed E-state index contributed by atoms with van der Waals surface area (Å²) in [7, 11) is 3.99. The van der Waals surface area contributed by atoms with E-state index in [0.29, 0.717) is 18.6 Å². The van der Waals surface area contributed by atoms with Crippen LogP contribution in [0.4, 0.5) is 0 Å². The van der Waals surface area contributed by atoms with Crippen molar-refractivity contribution in [3.63, 3.8) is 0 Å². The van der Waals surface area contributed by atoms with E-state index in [1.165, 1.54) is 0 Å². The summed E-state index contributed by atoms with van der Waals surface area (Å²) < 4.78 is 5.63. The molecule has 0 saturated carbocycles. The molecule has 1 aliphatic carbocycles. The molecule has 0 atom stereocenters. The maximum atomic E-state index is 12.3. The Balaban J connectivity index is 1.61. The maximum absolute atomic E-state index is 12.3. The van der Waals surface area contributed by atoms with Crippen molar-refractivity contribution in [1.82, 2.24) is 4.90 Å². The SMILES string of the molecule is CN(C)CCOc1ccc(C(=O)/C=C/c2ccc3c(c2)CCC3=O)cc1. The molecule has 2 aromatic carbocycles. The van der Waals surface area contributed by atoms with Gasteiger partial charge in [0.15, 0.2) is 11.6 Å². The van der Waals surface area contributed by atoms with Gasteiger partial charge in [0.05, 0.1) is 0 Å². The van der Waals surface area contributed by atoms with Crippen LogP contribution in [0.25, 0.3) is 6.08 Å². The lowest BCUT2D eigenvalue weighted by Crippen LogP contribution is -2.19. The molecule has 1 aliphatic rings. The molecule has 0 amide bonds. The lowest BCUT2D eigenvalue weighted by atomic mass is 10.0. The van der Waals surface area contributed by atoms with Gasteiger partial charge in [-0.3, -0.25) is 9.59 Å². The average molecular weight is 349 g/mol. The Hall–Kier alpha value is -2.72. The van der Waals surface area contributed by atoms with Gasteiger partial charge in [-0.2, -0.15) is 0 Å². The fourth-order valence-electron chi connectivity index (χ4n) is 2.91. The summed E-state index contributed by atoms with van der Waals surface area (Å²) in [6, 6.07) is 12.9.